The number of rotatable bonds is 4. The number of nitrogens with one attached hydrogen (secondary N) is 1. The fourth-order valence-corrected chi connectivity index (χ4v) is 2.53. The molecule has 0 aromatic heterocycles. The van der Waals surface area contributed by atoms with Gasteiger partial charge in [-0.3, -0.25) is 4.79 Å². The summed E-state index contributed by atoms with van der Waals surface area (Å²) in [4.78, 5) is 23.6. The van der Waals surface area contributed by atoms with Gasteiger partial charge in [0.2, 0.25) is 0 Å². The Morgan fingerprint density at radius 2 is 1.86 bits per heavy atom. The van der Waals surface area contributed by atoms with Crippen LogP contribution in [0.3, 0.4) is 0 Å². The number of carboxylic acid groups (broad SMARTS) is 1. The fraction of sp³-hybridized carbons (Fsp3) is 0.125. The van der Waals surface area contributed by atoms with Crippen LogP contribution in [0.15, 0.2) is 42.5 Å². The van der Waals surface area contributed by atoms with Crippen molar-refractivity contribution in [2.45, 2.75) is 13.3 Å². The highest BCUT2D eigenvalue weighted by molar-refractivity contribution is 14.1. The van der Waals surface area contributed by atoms with Crippen LogP contribution in [-0.4, -0.2) is 17.0 Å². The van der Waals surface area contributed by atoms with Crippen molar-refractivity contribution in [1.82, 2.24) is 0 Å². The molecule has 2 aromatic carbocycles. The van der Waals surface area contributed by atoms with Crippen molar-refractivity contribution in [2.24, 2.45) is 0 Å². The first-order valence-corrected chi connectivity index (χ1v) is 7.53. The van der Waals surface area contributed by atoms with Crippen LogP contribution in [0.1, 0.15) is 33.2 Å². The first-order chi connectivity index (χ1) is 10.0. The number of aromatic carboxylic acids is 1. The zero-order valence-corrected chi connectivity index (χ0v) is 13.5. The molecular weight excluding hydrogens is 381 g/mol. The second-order valence-corrected chi connectivity index (χ2v) is 5.71. The van der Waals surface area contributed by atoms with E-state index >= 15 is 0 Å². The standard InChI is InChI=1S/C16H14INO3/c1-2-10-5-3-4-6-12(10)15(19)18-14-8-7-11(17)9-13(14)16(20)21/h3-9H,2H2,1H3,(H,18,19)(H,20,21). The van der Waals surface area contributed by atoms with Crippen molar-refractivity contribution >= 4 is 40.2 Å². The summed E-state index contributed by atoms with van der Waals surface area (Å²) in [5, 5.41) is 11.9. The third-order valence-electron chi connectivity index (χ3n) is 3.10. The number of hydrogen-bond donors (Lipinski definition) is 2. The Kier molecular flexibility index (Phi) is 4.95. The van der Waals surface area contributed by atoms with Crippen LogP contribution in [0.5, 0.6) is 0 Å². The Morgan fingerprint density at radius 1 is 1.14 bits per heavy atom. The Morgan fingerprint density at radius 3 is 2.52 bits per heavy atom. The lowest BCUT2D eigenvalue weighted by Gasteiger charge is -2.11. The highest BCUT2D eigenvalue weighted by Crippen LogP contribution is 2.20. The largest absolute Gasteiger partial charge is 0.478 e. The van der Waals surface area contributed by atoms with Gasteiger partial charge >= 0.3 is 5.97 Å². The van der Waals surface area contributed by atoms with E-state index in [1.165, 1.54) is 6.07 Å². The molecule has 0 unspecified atom stereocenters. The minimum absolute atomic E-state index is 0.0872. The van der Waals surface area contributed by atoms with Gasteiger partial charge in [0, 0.05) is 9.13 Å². The molecule has 0 fully saturated rings. The summed E-state index contributed by atoms with van der Waals surface area (Å²) in [6.07, 6.45) is 0.738. The van der Waals surface area contributed by atoms with Crippen molar-refractivity contribution in [3.63, 3.8) is 0 Å². The van der Waals surface area contributed by atoms with E-state index in [0.717, 1.165) is 15.6 Å². The number of aryl methyl sites for hydroxylation is 1. The summed E-state index contributed by atoms with van der Waals surface area (Å²) in [6.45, 7) is 1.97. The van der Waals surface area contributed by atoms with E-state index in [1.807, 2.05) is 41.6 Å². The van der Waals surface area contributed by atoms with E-state index < -0.39 is 5.97 Å². The van der Waals surface area contributed by atoms with Crippen LogP contribution in [0, 0.1) is 3.57 Å². The Bertz CT molecular complexity index is 698. The molecule has 0 atom stereocenters. The summed E-state index contributed by atoms with van der Waals surface area (Å²) in [5.41, 5.74) is 1.88. The molecular formula is C16H14INO3. The van der Waals surface area contributed by atoms with Crippen LogP contribution >= 0.6 is 22.6 Å². The average Bonchev–Trinajstić information content (AvgIpc) is 2.48. The van der Waals surface area contributed by atoms with Crippen LogP contribution in [0.2, 0.25) is 0 Å². The van der Waals surface area contributed by atoms with E-state index in [0.29, 0.717) is 11.3 Å². The van der Waals surface area contributed by atoms with E-state index in [2.05, 4.69) is 5.32 Å². The van der Waals surface area contributed by atoms with E-state index in [9.17, 15) is 14.7 Å². The van der Waals surface area contributed by atoms with Gasteiger partial charge in [-0.25, -0.2) is 4.79 Å². The van der Waals surface area contributed by atoms with Gasteiger partial charge in [-0.2, -0.15) is 0 Å². The molecule has 21 heavy (non-hydrogen) atoms. The molecule has 1 amide bonds. The molecule has 0 aliphatic heterocycles. The van der Waals surface area contributed by atoms with Crippen LogP contribution in [0.4, 0.5) is 5.69 Å². The van der Waals surface area contributed by atoms with Gasteiger partial charge in [0.1, 0.15) is 0 Å². The number of amides is 1. The van der Waals surface area contributed by atoms with Crippen molar-refractivity contribution < 1.29 is 14.7 Å². The second-order valence-electron chi connectivity index (χ2n) is 4.46. The smallest absolute Gasteiger partial charge is 0.337 e. The van der Waals surface area contributed by atoms with Crippen molar-refractivity contribution in [3.05, 3.63) is 62.7 Å². The third-order valence-corrected chi connectivity index (χ3v) is 3.77. The van der Waals surface area contributed by atoms with Gasteiger partial charge in [0.15, 0.2) is 0 Å². The van der Waals surface area contributed by atoms with Crippen LogP contribution in [0.25, 0.3) is 0 Å². The Hall–Kier alpha value is -1.89. The second kappa shape index (κ2) is 6.71. The number of carboxylic acids is 1. The number of benzene rings is 2. The molecule has 0 heterocycles. The quantitative estimate of drug-likeness (QED) is 0.774. The molecule has 108 valence electrons. The molecule has 0 saturated carbocycles. The fourth-order valence-electron chi connectivity index (χ4n) is 2.04. The molecule has 4 nitrogen and oxygen atoms in total. The predicted octanol–water partition coefficient (Wildman–Crippen LogP) is 3.80. The van der Waals surface area contributed by atoms with Gasteiger partial charge in [0.05, 0.1) is 11.3 Å². The molecule has 2 aromatic rings. The molecule has 2 rings (SSSR count). The van der Waals surface area contributed by atoms with E-state index in [-0.39, 0.29) is 11.5 Å². The van der Waals surface area contributed by atoms with E-state index in [4.69, 9.17) is 0 Å². The van der Waals surface area contributed by atoms with Crippen LogP contribution in [-0.2, 0) is 6.42 Å². The molecule has 0 spiro atoms. The Labute approximate surface area is 136 Å². The number of anilines is 1. The molecule has 0 bridgehead atoms. The maximum Gasteiger partial charge on any atom is 0.337 e. The summed E-state index contributed by atoms with van der Waals surface area (Å²) < 4.78 is 0.803. The highest BCUT2D eigenvalue weighted by atomic mass is 127. The molecule has 5 heteroatoms. The lowest BCUT2D eigenvalue weighted by molar-refractivity contribution is 0.0698. The maximum atomic E-state index is 12.3. The molecule has 0 saturated heterocycles. The average molecular weight is 395 g/mol. The summed E-state index contributed by atoms with van der Waals surface area (Å²) in [7, 11) is 0. The number of carbonyl (C=O) groups excluding carboxylic acids is 1. The molecule has 2 N–H and O–H groups in total. The minimum atomic E-state index is -1.06. The summed E-state index contributed by atoms with van der Waals surface area (Å²) in [5.74, 6) is -1.36. The first-order valence-electron chi connectivity index (χ1n) is 6.45. The first kappa shape index (κ1) is 15.5. The van der Waals surface area contributed by atoms with Gasteiger partial charge < -0.3 is 10.4 Å². The number of carbonyl (C=O) groups is 2. The zero-order chi connectivity index (χ0) is 15.4. The number of halogens is 1. The Balaban J connectivity index is 2.34. The monoisotopic (exact) mass is 395 g/mol. The topological polar surface area (TPSA) is 66.4 Å². The lowest BCUT2D eigenvalue weighted by Crippen LogP contribution is -2.16. The van der Waals surface area contributed by atoms with Gasteiger partial charge in [0.25, 0.3) is 5.91 Å². The lowest BCUT2D eigenvalue weighted by atomic mass is 10.0. The normalized spacial score (nSPS) is 10.2. The SMILES string of the molecule is CCc1ccccc1C(=O)Nc1ccc(I)cc1C(=O)O. The van der Waals surface area contributed by atoms with Crippen molar-refractivity contribution in [3.8, 4) is 0 Å². The van der Waals surface area contributed by atoms with Gasteiger partial charge in [-0.1, -0.05) is 25.1 Å². The molecule has 0 radical (unpaired) electrons. The van der Waals surface area contributed by atoms with Crippen LogP contribution < -0.4 is 5.32 Å². The third kappa shape index (κ3) is 3.60. The molecule has 0 aliphatic carbocycles. The van der Waals surface area contributed by atoms with Gasteiger partial charge in [-0.05, 0) is 58.8 Å². The highest BCUT2D eigenvalue weighted by Gasteiger charge is 2.15. The zero-order valence-electron chi connectivity index (χ0n) is 11.4. The summed E-state index contributed by atoms with van der Waals surface area (Å²) in [6, 6.07) is 12.2. The molecule has 0 aliphatic rings. The number of hydrogen-bond acceptors (Lipinski definition) is 2. The van der Waals surface area contributed by atoms with E-state index in [1.54, 1.807) is 24.3 Å². The maximum absolute atomic E-state index is 12.3. The van der Waals surface area contributed by atoms with Gasteiger partial charge in [-0.15, -0.1) is 0 Å². The van der Waals surface area contributed by atoms with Crippen molar-refractivity contribution in [2.75, 3.05) is 5.32 Å². The summed E-state index contributed by atoms with van der Waals surface area (Å²) >= 11 is 2.04. The van der Waals surface area contributed by atoms with Crippen molar-refractivity contribution in [1.29, 1.82) is 0 Å². The minimum Gasteiger partial charge on any atom is -0.478 e. The predicted molar refractivity (Wildman–Crippen MR) is 89.9 cm³/mol.